The zero-order valence-electron chi connectivity index (χ0n) is 9.51. The monoisotopic (exact) mass is 256 g/mol. The van der Waals surface area contributed by atoms with Gasteiger partial charge in [0.05, 0.1) is 11.8 Å². The molecule has 0 fully saturated rings. The summed E-state index contributed by atoms with van der Waals surface area (Å²) < 4.78 is 6.67. The molecular weight excluding hydrogens is 244 g/mol. The van der Waals surface area contributed by atoms with Gasteiger partial charge >= 0.3 is 0 Å². The molecule has 6 nitrogen and oxygen atoms in total. The highest BCUT2D eigenvalue weighted by molar-refractivity contribution is 6.29. The van der Waals surface area contributed by atoms with E-state index in [4.69, 9.17) is 16.3 Å². The number of aromatic nitrogens is 3. The number of ether oxygens (including phenoxy) is 1. The number of aliphatic hydroxyl groups is 1. The van der Waals surface area contributed by atoms with E-state index in [-0.39, 0.29) is 0 Å². The van der Waals surface area contributed by atoms with Crippen LogP contribution in [0, 0.1) is 0 Å². The molecule has 0 aliphatic heterocycles. The van der Waals surface area contributed by atoms with Crippen LogP contribution in [0.25, 0.3) is 5.65 Å². The fraction of sp³-hybridized carbons (Fsp3) is 0.400. The van der Waals surface area contributed by atoms with E-state index < -0.39 is 6.29 Å². The van der Waals surface area contributed by atoms with Crippen molar-refractivity contribution in [3.63, 3.8) is 0 Å². The first-order chi connectivity index (χ1) is 8.17. The van der Waals surface area contributed by atoms with Crippen molar-refractivity contribution in [3.05, 3.63) is 23.0 Å². The van der Waals surface area contributed by atoms with Crippen LogP contribution < -0.4 is 5.32 Å². The molecule has 0 bridgehead atoms. The molecule has 0 spiro atoms. The summed E-state index contributed by atoms with van der Waals surface area (Å²) in [6.45, 7) is 2.20. The van der Waals surface area contributed by atoms with E-state index in [1.54, 1.807) is 24.6 Å². The minimum absolute atomic E-state index is 0.326. The molecule has 2 aromatic rings. The van der Waals surface area contributed by atoms with Crippen molar-refractivity contribution in [1.82, 2.24) is 14.6 Å². The molecule has 1 atom stereocenters. The lowest BCUT2D eigenvalue weighted by Gasteiger charge is -2.09. The van der Waals surface area contributed by atoms with E-state index in [1.807, 2.05) is 0 Å². The molecule has 1 unspecified atom stereocenters. The molecule has 0 saturated heterocycles. The highest BCUT2D eigenvalue weighted by Crippen LogP contribution is 2.23. The second-order valence-corrected chi connectivity index (χ2v) is 3.74. The summed E-state index contributed by atoms with van der Waals surface area (Å²) >= 11 is 5.90. The molecule has 2 aromatic heterocycles. The quantitative estimate of drug-likeness (QED) is 0.640. The van der Waals surface area contributed by atoms with Gasteiger partial charge in [-0.25, -0.2) is 4.98 Å². The highest BCUT2D eigenvalue weighted by Gasteiger charge is 2.16. The maximum atomic E-state index is 9.78. The van der Waals surface area contributed by atoms with Crippen LogP contribution in [0.2, 0.25) is 5.15 Å². The predicted octanol–water partition coefficient (Wildman–Crippen LogP) is 1.45. The molecule has 17 heavy (non-hydrogen) atoms. The topological polar surface area (TPSA) is 71.7 Å². The zero-order valence-corrected chi connectivity index (χ0v) is 10.3. The number of rotatable bonds is 4. The van der Waals surface area contributed by atoms with Crippen molar-refractivity contribution in [2.24, 2.45) is 0 Å². The Morgan fingerprint density at radius 2 is 2.41 bits per heavy atom. The number of aliphatic hydroxyl groups excluding tert-OH is 1. The molecule has 0 amide bonds. The first-order valence-electron chi connectivity index (χ1n) is 5.19. The van der Waals surface area contributed by atoms with Crippen LogP contribution in [0.5, 0.6) is 0 Å². The lowest BCUT2D eigenvalue weighted by Crippen LogP contribution is -2.05. The highest BCUT2D eigenvalue weighted by atomic mass is 35.5. The fourth-order valence-electron chi connectivity index (χ4n) is 1.55. The third-order valence-electron chi connectivity index (χ3n) is 2.31. The SMILES string of the molecule is CCOC(O)c1cnn2c(NC)cc(Cl)nc12. The number of nitrogens with one attached hydrogen (secondary N) is 1. The van der Waals surface area contributed by atoms with Crippen molar-refractivity contribution < 1.29 is 9.84 Å². The Morgan fingerprint density at radius 1 is 1.65 bits per heavy atom. The standard InChI is InChI=1S/C10H13ClN4O2/c1-3-17-10(16)6-5-13-15-8(12-2)4-7(11)14-9(6)15/h4-5,10,12,16H,3H2,1-2H3. The summed E-state index contributed by atoms with van der Waals surface area (Å²) in [7, 11) is 1.76. The first kappa shape index (κ1) is 12.1. The van der Waals surface area contributed by atoms with Crippen LogP contribution in [-0.4, -0.2) is 33.4 Å². The Hall–Kier alpha value is -1.37. The fourth-order valence-corrected chi connectivity index (χ4v) is 1.73. The van der Waals surface area contributed by atoms with Crippen molar-refractivity contribution >= 4 is 23.1 Å². The second kappa shape index (κ2) is 4.87. The van der Waals surface area contributed by atoms with Gasteiger partial charge in [-0.05, 0) is 6.92 Å². The third kappa shape index (κ3) is 2.19. The average molecular weight is 257 g/mol. The molecule has 0 radical (unpaired) electrons. The Labute approximate surface area is 103 Å². The lowest BCUT2D eigenvalue weighted by molar-refractivity contribution is -0.0971. The third-order valence-corrected chi connectivity index (χ3v) is 2.51. The van der Waals surface area contributed by atoms with Crippen molar-refractivity contribution in [2.45, 2.75) is 13.2 Å². The lowest BCUT2D eigenvalue weighted by atomic mass is 10.3. The molecular formula is C10H13ClN4O2. The molecule has 0 saturated carbocycles. The Bertz CT molecular complexity index is 528. The average Bonchev–Trinajstić information content (AvgIpc) is 2.71. The molecule has 2 N–H and O–H groups in total. The van der Waals surface area contributed by atoms with Gasteiger partial charge in [0.15, 0.2) is 11.9 Å². The van der Waals surface area contributed by atoms with Gasteiger partial charge in [0.2, 0.25) is 0 Å². The minimum atomic E-state index is -1.05. The molecule has 0 aliphatic carbocycles. The van der Waals surface area contributed by atoms with Gasteiger partial charge in [0.1, 0.15) is 11.0 Å². The Balaban J connectivity index is 2.56. The van der Waals surface area contributed by atoms with Crippen molar-refractivity contribution in [3.8, 4) is 0 Å². The number of hydrogen-bond acceptors (Lipinski definition) is 5. The molecule has 7 heteroatoms. The van der Waals surface area contributed by atoms with E-state index >= 15 is 0 Å². The van der Waals surface area contributed by atoms with Gasteiger partial charge in [-0.15, -0.1) is 0 Å². The molecule has 0 aliphatic rings. The summed E-state index contributed by atoms with van der Waals surface area (Å²) in [5.41, 5.74) is 0.966. The van der Waals surface area contributed by atoms with Gasteiger partial charge in [-0.3, -0.25) is 0 Å². The van der Waals surface area contributed by atoms with E-state index in [0.29, 0.717) is 28.8 Å². The van der Waals surface area contributed by atoms with E-state index in [9.17, 15) is 5.11 Å². The van der Waals surface area contributed by atoms with E-state index in [1.165, 1.54) is 6.20 Å². The van der Waals surface area contributed by atoms with Crippen LogP contribution in [0.3, 0.4) is 0 Å². The summed E-state index contributed by atoms with van der Waals surface area (Å²) in [5, 5.41) is 17.2. The van der Waals surface area contributed by atoms with Gasteiger partial charge in [0, 0.05) is 19.7 Å². The number of halogens is 1. The van der Waals surface area contributed by atoms with Crippen molar-refractivity contribution in [1.29, 1.82) is 0 Å². The molecule has 2 heterocycles. The van der Waals surface area contributed by atoms with Crippen LogP contribution in [-0.2, 0) is 4.74 Å². The maximum Gasteiger partial charge on any atom is 0.186 e. The predicted molar refractivity (Wildman–Crippen MR) is 64.1 cm³/mol. The number of fused-ring (bicyclic) bond motifs is 1. The van der Waals surface area contributed by atoms with Crippen LogP contribution in [0.4, 0.5) is 5.82 Å². The van der Waals surface area contributed by atoms with Crippen LogP contribution >= 0.6 is 11.6 Å². The van der Waals surface area contributed by atoms with E-state index in [2.05, 4.69) is 15.4 Å². The minimum Gasteiger partial charge on any atom is -0.373 e. The Kier molecular flexibility index (Phi) is 3.46. The smallest absolute Gasteiger partial charge is 0.186 e. The largest absolute Gasteiger partial charge is 0.373 e. The number of hydrogen-bond donors (Lipinski definition) is 2. The maximum absolute atomic E-state index is 9.78. The molecule has 0 aromatic carbocycles. The van der Waals surface area contributed by atoms with Gasteiger partial charge in [-0.2, -0.15) is 9.61 Å². The first-order valence-corrected chi connectivity index (χ1v) is 5.56. The normalized spacial score (nSPS) is 12.9. The van der Waals surface area contributed by atoms with Crippen molar-refractivity contribution in [2.75, 3.05) is 19.0 Å². The number of anilines is 1. The van der Waals surface area contributed by atoms with Gasteiger partial charge in [0.25, 0.3) is 0 Å². The van der Waals surface area contributed by atoms with Gasteiger partial charge < -0.3 is 15.2 Å². The van der Waals surface area contributed by atoms with Gasteiger partial charge in [-0.1, -0.05) is 11.6 Å². The second-order valence-electron chi connectivity index (χ2n) is 3.36. The summed E-state index contributed by atoms with van der Waals surface area (Å²) in [6, 6.07) is 1.65. The Morgan fingerprint density at radius 3 is 3.06 bits per heavy atom. The van der Waals surface area contributed by atoms with E-state index in [0.717, 1.165) is 0 Å². The van der Waals surface area contributed by atoms with Crippen LogP contribution in [0.15, 0.2) is 12.3 Å². The number of nitrogens with zero attached hydrogens (tertiary/aromatic N) is 3. The molecule has 92 valence electrons. The molecule has 2 rings (SSSR count). The summed E-state index contributed by atoms with van der Waals surface area (Å²) in [4.78, 5) is 4.13. The summed E-state index contributed by atoms with van der Waals surface area (Å²) in [5.74, 6) is 0.690. The van der Waals surface area contributed by atoms with Crippen LogP contribution in [0.1, 0.15) is 18.8 Å². The zero-order chi connectivity index (χ0) is 12.4. The summed E-state index contributed by atoms with van der Waals surface area (Å²) in [6.07, 6.45) is 0.466.